The molecule has 0 radical (unpaired) electrons. The van der Waals surface area contributed by atoms with Crippen LogP contribution in [0.15, 0.2) is 24.3 Å². The minimum Gasteiger partial charge on any atom is -0.494 e. The summed E-state index contributed by atoms with van der Waals surface area (Å²) in [4.78, 5) is 25.2. The zero-order valence-electron chi connectivity index (χ0n) is 12.8. The van der Waals surface area contributed by atoms with E-state index in [0.29, 0.717) is 25.4 Å². The van der Waals surface area contributed by atoms with E-state index in [9.17, 15) is 9.59 Å². The predicted molar refractivity (Wildman–Crippen MR) is 82.4 cm³/mol. The molecule has 6 nitrogen and oxygen atoms in total. The first-order valence-electron chi connectivity index (χ1n) is 6.99. The number of ether oxygens (including phenoxy) is 1. The molecule has 1 aromatic carbocycles. The lowest BCUT2D eigenvalue weighted by molar-refractivity contribution is -0.136. The summed E-state index contributed by atoms with van der Waals surface area (Å²) in [6, 6.07) is 6.93. The van der Waals surface area contributed by atoms with E-state index >= 15 is 0 Å². The van der Waals surface area contributed by atoms with Crippen molar-refractivity contribution in [1.82, 2.24) is 10.2 Å². The number of rotatable bonds is 7. The van der Waals surface area contributed by atoms with Gasteiger partial charge in [-0.05, 0) is 44.8 Å². The van der Waals surface area contributed by atoms with Gasteiger partial charge < -0.3 is 20.3 Å². The van der Waals surface area contributed by atoms with Gasteiger partial charge in [0.25, 0.3) is 0 Å². The first-order chi connectivity index (χ1) is 10.0. The Morgan fingerprint density at radius 3 is 2.38 bits per heavy atom. The molecule has 2 N–H and O–H groups in total. The van der Waals surface area contributed by atoms with Gasteiger partial charge in [-0.3, -0.25) is 9.59 Å². The van der Waals surface area contributed by atoms with Crippen molar-refractivity contribution in [3.05, 3.63) is 24.3 Å². The van der Waals surface area contributed by atoms with Crippen LogP contribution in [0, 0.1) is 0 Å². The molecule has 2 amide bonds. The van der Waals surface area contributed by atoms with Gasteiger partial charge in [-0.1, -0.05) is 6.92 Å². The molecule has 0 fully saturated rings. The van der Waals surface area contributed by atoms with Crippen LogP contribution >= 0.6 is 0 Å². The molecule has 0 aliphatic heterocycles. The van der Waals surface area contributed by atoms with Crippen LogP contribution in [0.5, 0.6) is 5.75 Å². The van der Waals surface area contributed by atoms with Crippen molar-refractivity contribution in [2.75, 3.05) is 39.1 Å². The highest BCUT2D eigenvalue weighted by atomic mass is 16.5. The Morgan fingerprint density at radius 1 is 1.14 bits per heavy atom. The third-order valence-electron chi connectivity index (χ3n) is 2.64. The van der Waals surface area contributed by atoms with Crippen molar-refractivity contribution >= 4 is 17.5 Å². The lowest BCUT2D eigenvalue weighted by Gasteiger charge is -2.10. The second kappa shape index (κ2) is 8.97. The van der Waals surface area contributed by atoms with Gasteiger partial charge >= 0.3 is 11.8 Å². The van der Waals surface area contributed by atoms with Crippen molar-refractivity contribution in [3.8, 4) is 5.75 Å². The Labute approximate surface area is 125 Å². The van der Waals surface area contributed by atoms with E-state index in [2.05, 4.69) is 10.6 Å². The molecule has 0 atom stereocenters. The number of hydrogen-bond donors (Lipinski definition) is 2. The molecule has 0 saturated carbocycles. The van der Waals surface area contributed by atoms with Crippen molar-refractivity contribution in [2.45, 2.75) is 13.3 Å². The quantitative estimate of drug-likeness (QED) is 0.738. The van der Waals surface area contributed by atoms with Gasteiger partial charge in [0.2, 0.25) is 0 Å². The summed E-state index contributed by atoms with van der Waals surface area (Å²) >= 11 is 0. The Hall–Kier alpha value is -2.08. The van der Waals surface area contributed by atoms with Crippen LogP contribution in [0.3, 0.4) is 0 Å². The van der Waals surface area contributed by atoms with Crippen LogP contribution in [-0.4, -0.2) is 50.5 Å². The van der Waals surface area contributed by atoms with Crippen molar-refractivity contribution in [1.29, 1.82) is 0 Å². The standard InChI is InChI=1S/C15H23N3O3/c1-4-11-21-13-7-5-12(6-8-13)17-15(20)14(19)16-9-10-18(2)3/h5-8H,4,9-11H2,1-3H3,(H,16,19)(H,17,20). The number of benzene rings is 1. The third-order valence-corrected chi connectivity index (χ3v) is 2.64. The number of likely N-dealkylation sites (N-methyl/N-ethyl adjacent to an activating group) is 1. The van der Waals surface area contributed by atoms with Gasteiger partial charge in [-0.2, -0.15) is 0 Å². The molecule has 0 aromatic heterocycles. The van der Waals surface area contributed by atoms with Gasteiger partial charge in [-0.25, -0.2) is 0 Å². The predicted octanol–water partition coefficient (Wildman–Crippen LogP) is 1.09. The molecule has 116 valence electrons. The van der Waals surface area contributed by atoms with Crippen molar-refractivity contribution < 1.29 is 14.3 Å². The fourth-order valence-electron chi connectivity index (χ4n) is 1.52. The Balaban J connectivity index is 2.41. The first kappa shape index (κ1) is 17.0. The van der Waals surface area contributed by atoms with Crippen molar-refractivity contribution in [3.63, 3.8) is 0 Å². The fraction of sp³-hybridized carbons (Fsp3) is 0.467. The monoisotopic (exact) mass is 293 g/mol. The number of nitrogens with one attached hydrogen (secondary N) is 2. The lowest BCUT2D eigenvalue weighted by Crippen LogP contribution is -2.38. The average molecular weight is 293 g/mol. The summed E-state index contributed by atoms with van der Waals surface area (Å²) in [5.74, 6) is -0.565. The fourth-order valence-corrected chi connectivity index (χ4v) is 1.52. The number of nitrogens with zero attached hydrogens (tertiary/aromatic N) is 1. The molecular formula is C15H23N3O3. The highest BCUT2D eigenvalue weighted by Crippen LogP contribution is 2.15. The number of anilines is 1. The first-order valence-corrected chi connectivity index (χ1v) is 6.99. The molecule has 0 heterocycles. The average Bonchev–Trinajstić information content (AvgIpc) is 2.46. The molecule has 1 rings (SSSR count). The Bertz CT molecular complexity index is 458. The third kappa shape index (κ3) is 6.76. The number of carbonyl (C=O) groups excluding carboxylic acids is 2. The Kier molecular flexibility index (Phi) is 7.25. The van der Waals surface area contributed by atoms with E-state index < -0.39 is 11.8 Å². The number of hydrogen-bond acceptors (Lipinski definition) is 4. The van der Waals surface area contributed by atoms with Crippen LogP contribution in [0.4, 0.5) is 5.69 Å². The normalized spacial score (nSPS) is 10.3. The summed E-state index contributed by atoms with van der Waals surface area (Å²) in [6.45, 7) is 3.80. The molecule has 0 spiro atoms. The molecule has 0 saturated heterocycles. The van der Waals surface area contributed by atoms with Crippen LogP contribution in [0.1, 0.15) is 13.3 Å². The minimum atomic E-state index is -0.670. The van der Waals surface area contributed by atoms with Crippen LogP contribution in [0.25, 0.3) is 0 Å². The zero-order valence-corrected chi connectivity index (χ0v) is 12.8. The van der Waals surface area contributed by atoms with E-state index in [1.54, 1.807) is 24.3 Å². The second-order valence-corrected chi connectivity index (χ2v) is 4.89. The van der Waals surface area contributed by atoms with E-state index in [0.717, 1.165) is 12.2 Å². The minimum absolute atomic E-state index is 0.434. The smallest absolute Gasteiger partial charge is 0.313 e. The molecule has 0 bridgehead atoms. The molecule has 1 aromatic rings. The maximum absolute atomic E-state index is 11.7. The second-order valence-electron chi connectivity index (χ2n) is 4.89. The van der Waals surface area contributed by atoms with Crippen LogP contribution in [0.2, 0.25) is 0 Å². The summed E-state index contributed by atoms with van der Waals surface area (Å²) in [5, 5.41) is 5.10. The molecular weight excluding hydrogens is 270 g/mol. The summed E-state index contributed by atoms with van der Waals surface area (Å²) in [5.41, 5.74) is 0.562. The zero-order chi connectivity index (χ0) is 15.7. The van der Waals surface area contributed by atoms with Crippen molar-refractivity contribution in [2.24, 2.45) is 0 Å². The summed E-state index contributed by atoms with van der Waals surface area (Å²) < 4.78 is 5.44. The lowest BCUT2D eigenvalue weighted by atomic mass is 10.3. The SMILES string of the molecule is CCCOc1ccc(NC(=O)C(=O)NCCN(C)C)cc1. The van der Waals surface area contributed by atoms with Crippen LogP contribution < -0.4 is 15.4 Å². The molecule has 0 aliphatic carbocycles. The van der Waals surface area contributed by atoms with Gasteiger partial charge in [-0.15, -0.1) is 0 Å². The van der Waals surface area contributed by atoms with Gasteiger partial charge in [0.15, 0.2) is 0 Å². The van der Waals surface area contributed by atoms with E-state index in [-0.39, 0.29) is 0 Å². The highest BCUT2D eigenvalue weighted by Gasteiger charge is 2.12. The van der Waals surface area contributed by atoms with E-state index in [1.807, 2.05) is 25.9 Å². The molecule has 6 heteroatoms. The maximum atomic E-state index is 11.7. The molecule has 0 aliphatic rings. The molecule has 21 heavy (non-hydrogen) atoms. The number of carbonyl (C=O) groups is 2. The van der Waals surface area contributed by atoms with Gasteiger partial charge in [0.1, 0.15) is 5.75 Å². The van der Waals surface area contributed by atoms with Crippen LogP contribution in [-0.2, 0) is 9.59 Å². The topological polar surface area (TPSA) is 70.7 Å². The number of amides is 2. The summed E-state index contributed by atoms with van der Waals surface area (Å²) in [6.07, 6.45) is 0.936. The highest BCUT2D eigenvalue weighted by molar-refractivity contribution is 6.39. The van der Waals surface area contributed by atoms with E-state index in [4.69, 9.17) is 4.74 Å². The Morgan fingerprint density at radius 2 is 1.81 bits per heavy atom. The van der Waals surface area contributed by atoms with Gasteiger partial charge in [0, 0.05) is 18.8 Å². The summed E-state index contributed by atoms with van der Waals surface area (Å²) in [7, 11) is 3.79. The van der Waals surface area contributed by atoms with E-state index in [1.165, 1.54) is 0 Å². The largest absolute Gasteiger partial charge is 0.494 e. The molecule has 0 unspecified atom stereocenters. The maximum Gasteiger partial charge on any atom is 0.313 e. The van der Waals surface area contributed by atoms with Gasteiger partial charge in [0.05, 0.1) is 6.61 Å².